The monoisotopic (exact) mass is 231 g/mol. The number of imidazole rings is 1. The lowest BCUT2D eigenvalue weighted by molar-refractivity contribution is 0.296. The third kappa shape index (κ3) is 1.86. The summed E-state index contributed by atoms with van der Waals surface area (Å²) in [5.41, 5.74) is 7.32. The van der Waals surface area contributed by atoms with E-state index in [0.717, 1.165) is 17.9 Å². The van der Waals surface area contributed by atoms with Crippen LogP contribution in [0, 0.1) is 5.92 Å². The van der Waals surface area contributed by atoms with Crippen LogP contribution in [0.3, 0.4) is 0 Å². The number of nitrogens with zero attached hydrogens (tertiary/aromatic N) is 2. The van der Waals surface area contributed by atoms with Crippen molar-refractivity contribution < 1.29 is 0 Å². The van der Waals surface area contributed by atoms with Crippen molar-refractivity contribution in [3.63, 3.8) is 0 Å². The second kappa shape index (κ2) is 4.00. The van der Waals surface area contributed by atoms with E-state index < -0.39 is 0 Å². The second-order valence-electron chi connectivity index (χ2n) is 4.78. The van der Waals surface area contributed by atoms with Gasteiger partial charge in [-0.15, -0.1) is 0 Å². The van der Waals surface area contributed by atoms with Crippen molar-refractivity contribution in [3.8, 4) is 0 Å². The van der Waals surface area contributed by atoms with Crippen molar-refractivity contribution in [1.29, 1.82) is 0 Å². The van der Waals surface area contributed by atoms with Gasteiger partial charge in [0.15, 0.2) is 5.65 Å². The zero-order valence-corrected chi connectivity index (χ0v) is 9.90. The minimum absolute atomic E-state index is 0.305. The fourth-order valence-corrected chi connectivity index (χ4v) is 2.49. The first-order chi connectivity index (χ1) is 8.24. The molecule has 3 rings (SSSR count). The molecule has 3 heterocycles. The van der Waals surface area contributed by atoms with Crippen LogP contribution >= 0.6 is 0 Å². The van der Waals surface area contributed by atoms with Gasteiger partial charge in [0.05, 0.1) is 11.6 Å². The molecule has 0 bridgehead atoms. The molecule has 5 heteroatoms. The molecule has 2 aromatic rings. The Morgan fingerprint density at radius 3 is 3.06 bits per heavy atom. The topological polar surface area (TPSA) is 79.6 Å². The van der Waals surface area contributed by atoms with Gasteiger partial charge in [0.2, 0.25) is 0 Å². The number of nitrogen functional groups attached to an aromatic ring is 1. The van der Waals surface area contributed by atoms with Crippen molar-refractivity contribution in [3.05, 3.63) is 18.0 Å². The van der Waals surface area contributed by atoms with Crippen LogP contribution in [0.4, 0.5) is 5.82 Å². The van der Waals surface area contributed by atoms with Crippen LogP contribution in [-0.2, 0) is 0 Å². The van der Waals surface area contributed by atoms with Crippen molar-refractivity contribution in [1.82, 2.24) is 20.3 Å². The number of fused-ring (bicyclic) bond motifs is 1. The van der Waals surface area contributed by atoms with Gasteiger partial charge in [0.1, 0.15) is 11.6 Å². The zero-order valence-electron chi connectivity index (χ0n) is 9.90. The molecular weight excluding hydrogens is 214 g/mol. The summed E-state index contributed by atoms with van der Waals surface area (Å²) in [6.45, 7) is 3.31. The molecule has 1 aliphatic heterocycles. The number of piperidine rings is 1. The second-order valence-corrected chi connectivity index (χ2v) is 4.78. The van der Waals surface area contributed by atoms with Gasteiger partial charge in [-0.2, -0.15) is 0 Å². The Morgan fingerprint density at radius 2 is 2.24 bits per heavy atom. The van der Waals surface area contributed by atoms with E-state index in [2.05, 4.69) is 27.2 Å². The zero-order chi connectivity index (χ0) is 11.8. The van der Waals surface area contributed by atoms with Crippen molar-refractivity contribution in [2.75, 3.05) is 12.3 Å². The van der Waals surface area contributed by atoms with Gasteiger partial charge in [-0.3, -0.25) is 0 Å². The van der Waals surface area contributed by atoms with E-state index in [-0.39, 0.29) is 0 Å². The number of hydrogen-bond donors (Lipinski definition) is 3. The summed E-state index contributed by atoms with van der Waals surface area (Å²) in [5, 5.41) is 3.51. The van der Waals surface area contributed by atoms with Gasteiger partial charge in [-0.05, 0) is 37.4 Å². The fourth-order valence-electron chi connectivity index (χ4n) is 2.49. The smallest absolute Gasteiger partial charge is 0.179 e. The Bertz CT molecular complexity index is 533. The number of nitrogens with two attached hydrogens (primary N) is 1. The predicted octanol–water partition coefficient (Wildman–Crippen LogP) is 1.60. The summed E-state index contributed by atoms with van der Waals surface area (Å²) in [7, 11) is 0. The molecule has 17 heavy (non-hydrogen) atoms. The molecule has 2 unspecified atom stereocenters. The Kier molecular flexibility index (Phi) is 2.48. The number of anilines is 1. The lowest BCUT2D eigenvalue weighted by Crippen LogP contribution is -2.33. The maximum absolute atomic E-state index is 5.66. The summed E-state index contributed by atoms with van der Waals surface area (Å²) in [6.07, 6.45) is 2.48. The standard InChI is InChI=1S/C12H17N5/c1-7-3-2-6-14-10(7)12-15-8-4-5-9(13)16-11(8)17-12/h4-5,7,10,14H,2-3,6H2,1H3,(H3,13,15,16,17). The maximum Gasteiger partial charge on any atom is 0.179 e. The van der Waals surface area contributed by atoms with E-state index >= 15 is 0 Å². The molecule has 0 radical (unpaired) electrons. The van der Waals surface area contributed by atoms with Gasteiger partial charge in [0, 0.05) is 0 Å². The van der Waals surface area contributed by atoms with E-state index in [1.165, 1.54) is 12.8 Å². The van der Waals surface area contributed by atoms with Gasteiger partial charge >= 0.3 is 0 Å². The summed E-state index contributed by atoms with van der Waals surface area (Å²) in [4.78, 5) is 12.1. The molecule has 5 nitrogen and oxygen atoms in total. The Labute approximate surface area is 99.8 Å². The van der Waals surface area contributed by atoms with E-state index in [9.17, 15) is 0 Å². The van der Waals surface area contributed by atoms with Crippen molar-refractivity contribution in [2.45, 2.75) is 25.8 Å². The molecular formula is C12H17N5. The largest absolute Gasteiger partial charge is 0.384 e. The maximum atomic E-state index is 5.66. The summed E-state index contributed by atoms with van der Waals surface area (Å²) < 4.78 is 0. The van der Waals surface area contributed by atoms with Crippen molar-refractivity contribution in [2.24, 2.45) is 5.92 Å². The number of H-pyrrole nitrogens is 1. The lowest BCUT2D eigenvalue weighted by Gasteiger charge is -2.28. The van der Waals surface area contributed by atoms with Crippen LogP contribution in [0.5, 0.6) is 0 Å². The molecule has 2 atom stereocenters. The molecule has 0 spiro atoms. The molecule has 2 aromatic heterocycles. The third-order valence-electron chi connectivity index (χ3n) is 3.45. The number of aromatic amines is 1. The van der Waals surface area contributed by atoms with E-state index in [1.54, 1.807) is 6.07 Å². The molecule has 1 aliphatic rings. The summed E-state index contributed by atoms with van der Waals surface area (Å²) >= 11 is 0. The number of aromatic nitrogens is 3. The minimum Gasteiger partial charge on any atom is -0.384 e. The average molecular weight is 231 g/mol. The fraction of sp³-hybridized carbons (Fsp3) is 0.500. The predicted molar refractivity (Wildman–Crippen MR) is 67.4 cm³/mol. The Hall–Kier alpha value is -1.62. The molecule has 1 fully saturated rings. The van der Waals surface area contributed by atoms with Gasteiger partial charge < -0.3 is 16.0 Å². The number of pyridine rings is 1. The quantitative estimate of drug-likeness (QED) is 0.696. The highest BCUT2D eigenvalue weighted by Gasteiger charge is 2.25. The molecule has 0 amide bonds. The van der Waals surface area contributed by atoms with Crippen LogP contribution in [0.1, 0.15) is 31.6 Å². The summed E-state index contributed by atoms with van der Waals surface area (Å²) in [5.74, 6) is 2.09. The molecule has 0 saturated carbocycles. The molecule has 90 valence electrons. The molecule has 0 aliphatic carbocycles. The highest BCUT2D eigenvalue weighted by molar-refractivity contribution is 5.72. The summed E-state index contributed by atoms with van der Waals surface area (Å²) in [6, 6.07) is 4.03. The van der Waals surface area contributed by atoms with E-state index in [1.807, 2.05) is 6.07 Å². The van der Waals surface area contributed by atoms with Crippen LogP contribution in [0.15, 0.2) is 12.1 Å². The van der Waals surface area contributed by atoms with Gasteiger partial charge in [0.25, 0.3) is 0 Å². The van der Waals surface area contributed by atoms with E-state index in [0.29, 0.717) is 23.4 Å². The highest BCUT2D eigenvalue weighted by Crippen LogP contribution is 2.28. The first kappa shape index (κ1) is 10.5. The van der Waals surface area contributed by atoms with Crippen LogP contribution in [0.25, 0.3) is 11.2 Å². The van der Waals surface area contributed by atoms with Crippen LogP contribution < -0.4 is 11.1 Å². The number of nitrogens with one attached hydrogen (secondary N) is 2. The minimum atomic E-state index is 0.305. The first-order valence-corrected chi connectivity index (χ1v) is 6.09. The first-order valence-electron chi connectivity index (χ1n) is 6.09. The number of rotatable bonds is 1. The normalized spacial score (nSPS) is 25.2. The molecule has 0 aromatic carbocycles. The van der Waals surface area contributed by atoms with Crippen LogP contribution in [0.2, 0.25) is 0 Å². The van der Waals surface area contributed by atoms with Gasteiger partial charge in [-0.25, -0.2) is 9.97 Å². The van der Waals surface area contributed by atoms with E-state index in [4.69, 9.17) is 5.73 Å². The Balaban J connectivity index is 1.99. The molecule has 1 saturated heterocycles. The van der Waals surface area contributed by atoms with Gasteiger partial charge in [-0.1, -0.05) is 6.92 Å². The molecule has 4 N–H and O–H groups in total. The highest BCUT2D eigenvalue weighted by atomic mass is 15.1. The third-order valence-corrected chi connectivity index (χ3v) is 3.45. The van der Waals surface area contributed by atoms with Crippen molar-refractivity contribution >= 4 is 17.0 Å². The number of hydrogen-bond acceptors (Lipinski definition) is 4. The van der Waals surface area contributed by atoms with Crippen LogP contribution in [-0.4, -0.2) is 21.5 Å². The average Bonchev–Trinajstić information content (AvgIpc) is 2.72. The Morgan fingerprint density at radius 1 is 1.35 bits per heavy atom. The SMILES string of the molecule is CC1CCCNC1c1nc2nc(N)ccc2[nH]1. The lowest BCUT2D eigenvalue weighted by atomic mass is 9.92.